The first kappa shape index (κ1) is 31.1. The van der Waals surface area contributed by atoms with Crippen molar-refractivity contribution in [1.29, 1.82) is 0 Å². The molecule has 6 aromatic carbocycles. The van der Waals surface area contributed by atoms with Crippen molar-refractivity contribution in [3.8, 4) is 39.5 Å². The molecule has 7 rings (SSSR count). The van der Waals surface area contributed by atoms with E-state index in [0.717, 1.165) is 38.9 Å². The average Bonchev–Trinajstić information content (AvgIpc) is 3.51. The van der Waals surface area contributed by atoms with E-state index in [1.165, 1.54) is 21.9 Å². The highest BCUT2D eigenvalue weighted by Gasteiger charge is 2.22. The van der Waals surface area contributed by atoms with E-state index in [-0.39, 0.29) is 16.6 Å². The van der Waals surface area contributed by atoms with Crippen LogP contribution in [0.3, 0.4) is 0 Å². The fourth-order valence-corrected chi connectivity index (χ4v) is 6.16. The summed E-state index contributed by atoms with van der Waals surface area (Å²) < 4.78 is 6.57. The second-order valence-electron chi connectivity index (χ2n) is 14.5. The zero-order chi connectivity index (χ0) is 33.6. The lowest BCUT2D eigenvalue weighted by Gasteiger charge is -2.20. The van der Waals surface area contributed by atoms with E-state index >= 15 is 0 Å². The summed E-state index contributed by atoms with van der Waals surface area (Å²) in [6, 6.07) is 41.6. The van der Waals surface area contributed by atoms with E-state index in [0.29, 0.717) is 17.1 Å². The van der Waals surface area contributed by atoms with Crippen LogP contribution in [0.1, 0.15) is 58.2 Å². The molecule has 0 radical (unpaired) electrons. The van der Waals surface area contributed by atoms with Crippen molar-refractivity contribution in [3.63, 3.8) is 0 Å². The van der Waals surface area contributed by atoms with Gasteiger partial charge in [0.05, 0.1) is 11.3 Å². The van der Waals surface area contributed by atoms with Gasteiger partial charge in [-0.05, 0) is 91.9 Å². The van der Waals surface area contributed by atoms with Crippen LogP contribution >= 0.6 is 0 Å². The van der Waals surface area contributed by atoms with Crippen molar-refractivity contribution < 1.29 is 9.52 Å². The maximum absolute atomic E-state index is 10.6. The normalized spacial score (nSPS) is 12.4. The molecule has 1 heterocycles. The molecule has 0 aliphatic carbocycles. The summed E-state index contributed by atoms with van der Waals surface area (Å²) in [6.07, 6.45) is 1.72. The first-order chi connectivity index (χ1) is 23.0. The van der Waals surface area contributed by atoms with Crippen LogP contribution in [0, 0.1) is 0 Å². The van der Waals surface area contributed by atoms with Crippen molar-refractivity contribution in [2.75, 3.05) is 0 Å². The lowest BCUT2D eigenvalue weighted by molar-refractivity contribution is 0.473. The Morgan fingerprint density at radius 3 is 2.08 bits per heavy atom. The molecule has 0 fully saturated rings. The first-order valence-corrected chi connectivity index (χ1v) is 16.5. The summed E-state index contributed by atoms with van der Waals surface area (Å²) in [5.41, 5.74) is 10.3. The van der Waals surface area contributed by atoms with Gasteiger partial charge in [0.25, 0.3) is 0 Å². The number of aromatic nitrogens is 1. The third-order valence-electron chi connectivity index (χ3n) is 9.01. The van der Waals surface area contributed by atoms with Crippen LogP contribution in [0.4, 0.5) is 5.69 Å². The van der Waals surface area contributed by atoms with E-state index in [4.69, 9.17) is 14.4 Å². The molecule has 1 aromatic heterocycles. The molecular weight excluding hydrogens is 588 g/mol. The predicted molar refractivity (Wildman–Crippen MR) is 201 cm³/mol. The second-order valence-corrected chi connectivity index (χ2v) is 14.5. The fourth-order valence-electron chi connectivity index (χ4n) is 6.16. The summed E-state index contributed by atoms with van der Waals surface area (Å²) in [6.45, 7) is 13.1. The van der Waals surface area contributed by atoms with E-state index in [1.807, 2.05) is 36.4 Å². The lowest BCUT2D eigenvalue weighted by Crippen LogP contribution is -2.11. The number of fused-ring (bicyclic) bond motifs is 2. The minimum absolute atomic E-state index is 0.0512. The Morgan fingerprint density at radius 1 is 0.625 bits per heavy atom. The monoisotopic (exact) mass is 628 g/mol. The third kappa shape index (κ3) is 6.02. The number of nitrogens with zero attached hydrogens (tertiary/aromatic N) is 2. The maximum atomic E-state index is 10.6. The summed E-state index contributed by atoms with van der Waals surface area (Å²) in [4.78, 5) is 9.95. The van der Waals surface area contributed by atoms with Crippen LogP contribution < -0.4 is 0 Å². The van der Waals surface area contributed by atoms with Gasteiger partial charge in [0.1, 0.15) is 11.3 Å². The van der Waals surface area contributed by atoms with E-state index in [9.17, 15) is 5.11 Å². The van der Waals surface area contributed by atoms with Gasteiger partial charge in [0.15, 0.2) is 5.58 Å². The van der Waals surface area contributed by atoms with E-state index < -0.39 is 0 Å². The molecule has 0 unspecified atom stereocenters. The number of phenols is 1. The molecule has 0 aliphatic rings. The second kappa shape index (κ2) is 12.0. The van der Waals surface area contributed by atoms with Gasteiger partial charge in [-0.1, -0.05) is 120 Å². The Morgan fingerprint density at radius 2 is 1.29 bits per heavy atom. The van der Waals surface area contributed by atoms with Crippen LogP contribution in [0.5, 0.6) is 5.75 Å². The minimum Gasteiger partial charge on any atom is -0.507 e. The van der Waals surface area contributed by atoms with Crippen LogP contribution in [0.25, 0.3) is 55.6 Å². The summed E-state index contributed by atoms with van der Waals surface area (Å²) in [7, 11) is 0. The Bertz CT molecular complexity index is 2320. The van der Waals surface area contributed by atoms with E-state index in [2.05, 4.69) is 120 Å². The van der Waals surface area contributed by atoms with Crippen molar-refractivity contribution in [2.24, 2.45) is 4.99 Å². The van der Waals surface area contributed by atoms with Gasteiger partial charge in [-0.15, -0.1) is 0 Å². The van der Waals surface area contributed by atoms with Crippen LogP contribution in [-0.4, -0.2) is 16.3 Å². The quantitative estimate of drug-likeness (QED) is 0.193. The molecule has 0 aliphatic heterocycles. The van der Waals surface area contributed by atoms with Crippen LogP contribution in [0.15, 0.2) is 131 Å². The number of oxazole rings is 1. The summed E-state index contributed by atoms with van der Waals surface area (Å²) >= 11 is 0. The Balaban J connectivity index is 1.35. The molecule has 0 saturated carbocycles. The van der Waals surface area contributed by atoms with Crippen molar-refractivity contribution in [1.82, 2.24) is 4.98 Å². The Hall–Kier alpha value is -5.48. The molecule has 0 amide bonds. The number of aromatic hydroxyl groups is 1. The van der Waals surface area contributed by atoms with E-state index in [1.54, 1.807) is 12.3 Å². The molecular formula is C44H40N2O2. The molecule has 1 N–H and O–H groups in total. The molecule has 238 valence electrons. The highest BCUT2D eigenvalue weighted by atomic mass is 16.3. The Kier molecular flexibility index (Phi) is 7.75. The van der Waals surface area contributed by atoms with Gasteiger partial charge in [-0.3, -0.25) is 4.99 Å². The number of benzene rings is 6. The third-order valence-corrected chi connectivity index (χ3v) is 9.01. The predicted octanol–water partition coefficient (Wildman–Crippen LogP) is 12.0. The standard InChI is InChI=1S/C44H40N2O2/c1-43(2,3)32-21-22-39(47)31(24-32)27-45-38-20-10-9-18-36(38)42-46-41-37(25-33(44(4,5)6)26-40(41)48-42)30-16-11-15-29(23-30)35-19-12-14-28-13-7-8-17-34(28)35/h7-27,47H,1-6H3. The van der Waals surface area contributed by atoms with Crippen LogP contribution in [0.2, 0.25) is 0 Å². The number of rotatable bonds is 5. The molecule has 0 atom stereocenters. The minimum atomic E-state index is -0.102. The molecule has 4 nitrogen and oxygen atoms in total. The lowest BCUT2D eigenvalue weighted by atomic mass is 9.84. The zero-order valence-electron chi connectivity index (χ0n) is 28.4. The fraction of sp³-hybridized carbons (Fsp3) is 0.182. The highest BCUT2D eigenvalue weighted by Crippen LogP contribution is 2.40. The van der Waals surface area contributed by atoms with Crippen LogP contribution in [-0.2, 0) is 10.8 Å². The number of phenolic OH excluding ortho intramolecular Hbond substituents is 1. The summed E-state index contributed by atoms with van der Waals surface area (Å²) in [5.74, 6) is 0.694. The zero-order valence-corrected chi connectivity index (χ0v) is 28.4. The number of hydrogen-bond donors (Lipinski definition) is 1. The van der Waals surface area contributed by atoms with Crippen molar-refractivity contribution >= 4 is 33.8 Å². The molecule has 0 spiro atoms. The topological polar surface area (TPSA) is 58.6 Å². The molecule has 48 heavy (non-hydrogen) atoms. The smallest absolute Gasteiger partial charge is 0.229 e. The molecule has 4 heteroatoms. The van der Waals surface area contributed by atoms with Gasteiger partial charge in [0.2, 0.25) is 5.89 Å². The molecule has 0 bridgehead atoms. The largest absolute Gasteiger partial charge is 0.507 e. The number of hydrogen-bond acceptors (Lipinski definition) is 4. The van der Waals surface area contributed by atoms with Gasteiger partial charge in [-0.2, -0.15) is 0 Å². The van der Waals surface area contributed by atoms with Gasteiger partial charge < -0.3 is 9.52 Å². The average molecular weight is 629 g/mol. The van der Waals surface area contributed by atoms with Crippen molar-refractivity contribution in [3.05, 3.63) is 138 Å². The number of para-hydroxylation sites is 1. The molecule has 0 saturated heterocycles. The summed E-state index contributed by atoms with van der Waals surface area (Å²) in [5, 5.41) is 13.1. The maximum Gasteiger partial charge on any atom is 0.229 e. The molecule has 7 aromatic rings. The van der Waals surface area contributed by atoms with Gasteiger partial charge in [-0.25, -0.2) is 4.98 Å². The van der Waals surface area contributed by atoms with Gasteiger partial charge >= 0.3 is 0 Å². The van der Waals surface area contributed by atoms with Gasteiger partial charge in [0, 0.05) is 17.3 Å². The first-order valence-electron chi connectivity index (χ1n) is 16.5. The highest BCUT2D eigenvalue weighted by molar-refractivity contribution is 5.99. The Labute approximate surface area is 282 Å². The number of aliphatic imine (C=N–C) groups is 1. The van der Waals surface area contributed by atoms with Crippen molar-refractivity contribution in [2.45, 2.75) is 52.4 Å². The SMILES string of the molecule is CC(C)(C)c1ccc(O)c(C=Nc2ccccc2-c2nc3c(-c4cccc(-c5cccc6ccccc56)c4)cc(C(C)(C)C)cc3o2)c1.